The molecule has 0 unspecified atom stereocenters. The highest BCUT2D eigenvalue weighted by atomic mass is 32.1. The highest BCUT2D eigenvalue weighted by Crippen LogP contribution is 2.39. The number of aryl methyl sites for hydroxylation is 1. The normalized spacial score (nSPS) is 17.4. The lowest BCUT2D eigenvalue weighted by Crippen LogP contribution is -2.52. The second kappa shape index (κ2) is 4.42. The first-order chi connectivity index (χ1) is 8.75. The van der Waals surface area contributed by atoms with E-state index >= 15 is 0 Å². The molecule has 18 heavy (non-hydrogen) atoms. The van der Waals surface area contributed by atoms with Crippen molar-refractivity contribution in [1.29, 1.82) is 0 Å². The van der Waals surface area contributed by atoms with Gasteiger partial charge in [-0.2, -0.15) is 0 Å². The van der Waals surface area contributed by atoms with Crippen LogP contribution in [0.3, 0.4) is 0 Å². The molecule has 1 saturated heterocycles. The van der Waals surface area contributed by atoms with E-state index < -0.39 is 0 Å². The Labute approximate surface area is 110 Å². The summed E-state index contributed by atoms with van der Waals surface area (Å²) in [6.07, 6.45) is 3.58. The van der Waals surface area contributed by atoms with Crippen LogP contribution in [0, 0.1) is 6.92 Å². The van der Waals surface area contributed by atoms with Crippen LogP contribution in [-0.4, -0.2) is 29.7 Å². The van der Waals surface area contributed by atoms with E-state index in [9.17, 15) is 0 Å². The number of rotatable bonds is 3. The van der Waals surface area contributed by atoms with E-state index in [1.165, 1.54) is 4.88 Å². The topological polar surface area (TPSA) is 61.0 Å². The van der Waals surface area contributed by atoms with Crippen LogP contribution in [0.1, 0.15) is 10.6 Å². The Kier molecular flexibility index (Phi) is 2.89. The van der Waals surface area contributed by atoms with Crippen molar-refractivity contribution in [3.63, 3.8) is 0 Å². The molecule has 1 aliphatic heterocycles. The zero-order chi connectivity index (χ0) is 12.6. The van der Waals surface area contributed by atoms with Gasteiger partial charge in [0.1, 0.15) is 5.01 Å². The van der Waals surface area contributed by atoms with Gasteiger partial charge in [0.15, 0.2) is 0 Å². The molecule has 3 rings (SSSR count). The van der Waals surface area contributed by atoms with Crippen LogP contribution in [0.25, 0.3) is 10.6 Å². The van der Waals surface area contributed by atoms with Gasteiger partial charge in [0, 0.05) is 29.4 Å². The van der Waals surface area contributed by atoms with Crippen molar-refractivity contribution in [3.8, 4) is 10.6 Å². The van der Waals surface area contributed by atoms with Crippen LogP contribution in [-0.2, 0) is 10.2 Å². The summed E-state index contributed by atoms with van der Waals surface area (Å²) in [5.74, 6) is 0. The first-order valence-electron chi connectivity index (χ1n) is 5.91. The lowest BCUT2D eigenvalue weighted by atomic mass is 9.84. The van der Waals surface area contributed by atoms with Gasteiger partial charge in [-0.1, -0.05) is 0 Å². The summed E-state index contributed by atoms with van der Waals surface area (Å²) in [6.45, 7) is 4.09. The minimum Gasteiger partial charge on any atom is -0.379 e. The third-order valence-electron chi connectivity index (χ3n) is 3.35. The van der Waals surface area contributed by atoms with E-state index in [0.29, 0.717) is 19.8 Å². The van der Waals surface area contributed by atoms with Gasteiger partial charge in [0.25, 0.3) is 0 Å². The van der Waals surface area contributed by atoms with Crippen molar-refractivity contribution in [2.75, 3.05) is 19.8 Å². The number of hydrogen-bond donors (Lipinski definition) is 1. The zero-order valence-corrected chi connectivity index (χ0v) is 11.0. The zero-order valence-electron chi connectivity index (χ0n) is 10.2. The molecular formula is C13H15N3OS. The van der Waals surface area contributed by atoms with E-state index in [-0.39, 0.29) is 5.41 Å². The van der Waals surface area contributed by atoms with Crippen LogP contribution in [0.2, 0.25) is 0 Å². The summed E-state index contributed by atoms with van der Waals surface area (Å²) in [6, 6.07) is 3.96. The van der Waals surface area contributed by atoms with Crippen molar-refractivity contribution in [1.82, 2.24) is 9.97 Å². The molecule has 1 aliphatic rings. The summed E-state index contributed by atoms with van der Waals surface area (Å²) in [5, 5.41) is 1.03. The second-order valence-corrected chi connectivity index (χ2v) is 5.65. The van der Waals surface area contributed by atoms with E-state index in [4.69, 9.17) is 10.5 Å². The van der Waals surface area contributed by atoms with Gasteiger partial charge in [-0.25, -0.2) is 4.98 Å². The minimum atomic E-state index is -0.00691. The Morgan fingerprint density at radius 3 is 2.67 bits per heavy atom. The third-order valence-corrected chi connectivity index (χ3v) is 4.81. The summed E-state index contributed by atoms with van der Waals surface area (Å²) in [7, 11) is 0. The van der Waals surface area contributed by atoms with Crippen LogP contribution >= 0.6 is 11.3 Å². The lowest BCUT2D eigenvalue weighted by Gasteiger charge is -2.39. The van der Waals surface area contributed by atoms with E-state index in [2.05, 4.69) is 9.97 Å². The molecule has 0 aliphatic carbocycles. The molecule has 1 fully saturated rings. The Morgan fingerprint density at radius 2 is 2.11 bits per heavy atom. The maximum absolute atomic E-state index is 5.91. The van der Waals surface area contributed by atoms with Crippen molar-refractivity contribution in [2.45, 2.75) is 12.3 Å². The Bertz CT molecular complexity index is 543. The van der Waals surface area contributed by atoms with Gasteiger partial charge >= 0.3 is 0 Å². The van der Waals surface area contributed by atoms with Crippen LogP contribution in [0.4, 0.5) is 0 Å². The third kappa shape index (κ3) is 1.75. The fourth-order valence-corrected chi connectivity index (χ4v) is 3.44. The van der Waals surface area contributed by atoms with E-state index in [1.807, 2.05) is 19.1 Å². The van der Waals surface area contributed by atoms with Crippen molar-refractivity contribution >= 4 is 11.3 Å². The second-order valence-electron chi connectivity index (χ2n) is 4.65. The van der Waals surface area contributed by atoms with Crippen LogP contribution < -0.4 is 5.73 Å². The monoisotopic (exact) mass is 261 g/mol. The van der Waals surface area contributed by atoms with Gasteiger partial charge < -0.3 is 10.5 Å². The fourth-order valence-electron chi connectivity index (χ4n) is 2.20. The Morgan fingerprint density at radius 1 is 1.39 bits per heavy atom. The number of thiazole rings is 1. The van der Waals surface area contributed by atoms with Gasteiger partial charge in [0.2, 0.25) is 0 Å². The predicted molar refractivity (Wildman–Crippen MR) is 71.6 cm³/mol. The molecule has 0 amide bonds. The maximum Gasteiger partial charge on any atom is 0.123 e. The summed E-state index contributed by atoms with van der Waals surface area (Å²) >= 11 is 1.72. The standard InChI is InChI=1S/C13H15N3OS/c1-9-11(13(6-14)7-17-8-13)18-12(16-9)10-2-4-15-5-3-10/h2-5H,6-8,14H2,1H3. The highest BCUT2D eigenvalue weighted by molar-refractivity contribution is 7.15. The lowest BCUT2D eigenvalue weighted by molar-refractivity contribution is -0.0535. The van der Waals surface area contributed by atoms with Crippen molar-refractivity contribution < 1.29 is 4.74 Å². The van der Waals surface area contributed by atoms with Crippen molar-refractivity contribution in [2.24, 2.45) is 5.73 Å². The molecule has 0 bridgehead atoms. The van der Waals surface area contributed by atoms with E-state index in [1.54, 1.807) is 23.7 Å². The smallest absolute Gasteiger partial charge is 0.123 e. The largest absolute Gasteiger partial charge is 0.379 e. The Hall–Kier alpha value is -1.30. The average Bonchev–Trinajstić information content (AvgIpc) is 2.73. The Balaban J connectivity index is 2.01. The molecule has 2 aromatic rings. The maximum atomic E-state index is 5.91. The van der Waals surface area contributed by atoms with Gasteiger partial charge in [-0.3, -0.25) is 4.98 Å². The van der Waals surface area contributed by atoms with Crippen LogP contribution in [0.15, 0.2) is 24.5 Å². The molecule has 0 radical (unpaired) electrons. The quantitative estimate of drug-likeness (QED) is 0.914. The molecule has 2 N–H and O–H groups in total. The number of nitrogens with two attached hydrogens (primary N) is 1. The number of pyridine rings is 1. The van der Waals surface area contributed by atoms with Gasteiger partial charge in [-0.15, -0.1) is 11.3 Å². The van der Waals surface area contributed by atoms with Crippen molar-refractivity contribution in [3.05, 3.63) is 35.1 Å². The average molecular weight is 261 g/mol. The number of nitrogens with zero attached hydrogens (tertiary/aromatic N) is 2. The van der Waals surface area contributed by atoms with E-state index in [0.717, 1.165) is 16.3 Å². The molecule has 0 atom stereocenters. The number of hydrogen-bond acceptors (Lipinski definition) is 5. The first kappa shape index (κ1) is 11.8. The summed E-state index contributed by atoms with van der Waals surface area (Å²) in [5.41, 5.74) is 8.08. The minimum absolute atomic E-state index is 0.00691. The SMILES string of the molecule is Cc1nc(-c2ccncc2)sc1C1(CN)COC1. The first-order valence-corrected chi connectivity index (χ1v) is 6.73. The molecule has 4 nitrogen and oxygen atoms in total. The summed E-state index contributed by atoms with van der Waals surface area (Å²) in [4.78, 5) is 9.95. The summed E-state index contributed by atoms with van der Waals surface area (Å²) < 4.78 is 5.34. The molecular weight excluding hydrogens is 246 g/mol. The fraction of sp³-hybridized carbons (Fsp3) is 0.385. The molecule has 3 heterocycles. The molecule has 94 valence electrons. The molecule has 0 saturated carbocycles. The number of aromatic nitrogens is 2. The predicted octanol–water partition coefficient (Wildman–Crippen LogP) is 1.74. The van der Waals surface area contributed by atoms with Crippen LogP contribution in [0.5, 0.6) is 0 Å². The molecule has 0 aromatic carbocycles. The molecule has 0 spiro atoms. The molecule has 5 heteroatoms. The highest BCUT2D eigenvalue weighted by Gasteiger charge is 2.42. The van der Waals surface area contributed by atoms with Gasteiger partial charge in [0.05, 0.1) is 24.3 Å². The molecule has 2 aromatic heterocycles. The van der Waals surface area contributed by atoms with Gasteiger partial charge in [-0.05, 0) is 19.1 Å². The number of ether oxygens (including phenoxy) is 1.